The Labute approximate surface area is 184 Å². The van der Waals surface area contributed by atoms with Gasteiger partial charge in [-0.1, -0.05) is 60.7 Å². The van der Waals surface area contributed by atoms with Crippen LogP contribution in [0.15, 0.2) is 84.9 Å². The van der Waals surface area contributed by atoms with E-state index in [1.165, 1.54) is 0 Å². The smallest absolute Gasteiger partial charge is 0.183 e. The van der Waals surface area contributed by atoms with E-state index in [1.807, 2.05) is 60.7 Å². The fourth-order valence-electron chi connectivity index (χ4n) is 4.46. The van der Waals surface area contributed by atoms with E-state index in [-0.39, 0.29) is 5.78 Å². The minimum atomic E-state index is -0.693. The molecule has 31 heavy (non-hydrogen) atoms. The number of carbonyl (C=O) groups excluding carboxylic acids is 1. The monoisotopic (exact) mass is 415 g/mol. The second-order valence-corrected chi connectivity index (χ2v) is 8.01. The normalized spacial score (nSPS) is 14.9. The summed E-state index contributed by atoms with van der Waals surface area (Å²) in [6, 6.07) is 28.1. The van der Waals surface area contributed by atoms with Crippen molar-refractivity contribution in [3.05, 3.63) is 102 Å². The van der Waals surface area contributed by atoms with Crippen LogP contribution in [-0.4, -0.2) is 49.6 Å². The van der Waals surface area contributed by atoms with Crippen molar-refractivity contribution in [1.29, 1.82) is 0 Å². The zero-order chi connectivity index (χ0) is 21.5. The lowest BCUT2D eigenvalue weighted by molar-refractivity contribution is -0.0151. The molecule has 4 heteroatoms. The van der Waals surface area contributed by atoms with Crippen LogP contribution in [0.2, 0.25) is 0 Å². The Balaban J connectivity index is 1.80. The first kappa shape index (κ1) is 21.3. The lowest BCUT2D eigenvalue weighted by Gasteiger charge is -2.45. The van der Waals surface area contributed by atoms with Crippen LogP contribution in [0, 0.1) is 0 Å². The number of ether oxygens (including phenoxy) is 2. The molecule has 0 radical (unpaired) electrons. The number of hydrogen-bond donors (Lipinski definition) is 0. The van der Waals surface area contributed by atoms with E-state index in [0.717, 1.165) is 30.0 Å². The lowest BCUT2D eigenvalue weighted by Crippen LogP contribution is -2.60. The van der Waals surface area contributed by atoms with E-state index >= 15 is 0 Å². The molecule has 160 valence electrons. The lowest BCUT2D eigenvalue weighted by atomic mass is 9.77. The van der Waals surface area contributed by atoms with Gasteiger partial charge in [-0.2, -0.15) is 0 Å². The fourth-order valence-corrected chi connectivity index (χ4v) is 4.46. The molecule has 0 unspecified atom stereocenters. The van der Waals surface area contributed by atoms with Crippen molar-refractivity contribution >= 4 is 5.78 Å². The number of methoxy groups -OCH3 is 1. The molecule has 0 N–H and O–H groups in total. The number of rotatable bonds is 8. The second kappa shape index (κ2) is 9.90. The number of hydrogen-bond acceptors (Lipinski definition) is 4. The summed E-state index contributed by atoms with van der Waals surface area (Å²) in [6.45, 7) is 2.76. The molecule has 1 heterocycles. The number of ketones is 1. The first-order valence-corrected chi connectivity index (χ1v) is 10.8. The summed E-state index contributed by atoms with van der Waals surface area (Å²) < 4.78 is 10.9. The minimum Gasteiger partial charge on any atom is -0.497 e. The average molecular weight is 416 g/mol. The summed E-state index contributed by atoms with van der Waals surface area (Å²) in [5.74, 6) is 0.893. The van der Waals surface area contributed by atoms with Crippen molar-refractivity contribution in [3.8, 4) is 5.75 Å². The first-order valence-electron chi connectivity index (χ1n) is 10.8. The highest BCUT2D eigenvalue weighted by molar-refractivity contribution is 6.03. The van der Waals surface area contributed by atoms with Crippen LogP contribution in [0.1, 0.15) is 21.5 Å². The Morgan fingerprint density at radius 1 is 0.839 bits per heavy atom. The first-order chi connectivity index (χ1) is 15.2. The Kier molecular flexibility index (Phi) is 6.80. The predicted molar refractivity (Wildman–Crippen MR) is 123 cm³/mol. The van der Waals surface area contributed by atoms with E-state index in [4.69, 9.17) is 9.47 Å². The summed E-state index contributed by atoms with van der Waals surface area (Å²) in [5.41, 5.74) is 2.33. The standard InChI is InChI=1S/C27H29NO3/c1-30-25-14-12-24(13-15-25)26(29)27(28-16-18-31-19-17-28,20-22-8-4-2-5-9-22)21-23-10-6-3-7-11-23/h2-15H,16-21H2,1H3. The zero-order valence-electron chi connectivity index (χ0n) is 18.0. The Morgan fingerprint density at radius 3 is 1.84 bits per heavy atom. The molecule has 0 spiro atoms. The molecule has 0 bridgehead atoms. The van der Waals surface area contributed by atoms with Crippen molar-refractivity contribution in [1.82, 2.24) is 4.90 Å². The molecule has 1 aliphatic heterocycles. The van der Waals surface area contributed by atoms with Gasteiger partial charge in [0.1, 0.15) is 5.75 Å². The number of Topliss-reactive ketones (excluding diaryl/α,β-unsaturated/α-hetero) is 1. The SMILES string of the molecule is COc1ccc(C(=O)C(Cc2ccccc2)(Cc2ccccc2)N2CCOCC2)cc1. The molecule has 0 aliphatic carbocycles. The third-order valence-electron chi connectivity index (χ3n) is 6.07. The van der Waals surface area contributed by atoms with E-state index in [9.17, 15) is 4.79 Å². The summed E-state index contributed by atoms with van der Waals surface area (Å²) in [6.07, 6.45) is 1.29. The molecule has 0 atom stereocenters. The van der Waals surface area contributed by atoms with Gasteiger partial charge < -0.3 is 9.47 Å². The van der Waals surface area contributed by atoms with Gasteiger partial charge in [0.05, 0.1) is 25.9 Å². The number of nitrogens with zero attached hydrogens (tertiary/aromatic N) is 1. The van der Waals surface area contributed by atoms with Crippen molar-refractivity contribution in [3.63, 3.8) is 0 Å². The molecule has 0 aromatic heterocycles. The van der Waals surface area contributed by atoms with Gasteiger partial charge in [0.25, 0.3) is 0 Å². The fraction of sp³-hybridized carbons (Fsp3) is 0.296. The van der Waals surface area contributed by atoms with Crippen molar-refractivity contribution in [2.45, 2.75) is 18.4 Å². The van der Waals surface area contributed by atoms with Gasteiger partial charge >= 0.3 is 0 Å². The molecule has 0 amide bonds. The van der Waals surface area contributed by atoms with Gasteiger partial charge in [-0.05, 0) is 48.2 Å². The molecular formula is C27H29NO3. The van der Waals surface area contributed by atoms with Gasteiger partial charge in [0.15, 0.2) is 5.78 Å². The molecule has 1 aliphatic rings. The van der Waals surface area contributed by atoms with Crippen molar-refractivity contribution < 1.29 is 14.3 Å². The Hall–Kier alpha value is -2.95. The molecule has 3 aromatic carbocycles. The molecule has 0 saturated carbocycles. The van der Waals surface area contributed by atoms with Gasteiger partial charge in [-0.25, -0.2) is 0 Å². The van der Waals surface area contributed by atoms with Gasteiger partial charge in [0, 0.05) is 18.7 Å². The highest BCUT2D eigenvalue weighted by atomic mass is 16.5. The highest BCUT2D eigenvalue weighted by Gasteiger charge is 2.44. The Morgan fingerprint density at radius 2 is 1.35 bits per heavy atom. The quantitative estimate of drug-likeness (QED) is 0.510. The predicted octanol–water partition coefficient (Wildman–Crippen LogP) is 4.43. The maximum atomic E-state index is 14.3. The largest absolute Gasteiger partial charge is 0.497 e. The van der Waals surface area contributed by atoms with E-state index < -0.39 is 5.54 Å². The summed E-state index contributed by atoms with van der Waals surface area (Å²) in [5, 5.41) is 0. The second-order valence-electron chi connectivity index (χ2n) is 8.01. The number of benzene rings is 3. The Bertz CT molecular complexity index is 923. The van der Waals surface area contributed by atoms with Gasteiger partial charge in [0.2, 0.25) is 0 Å². The van der Waals surface area contributed by atoms with Crippen LogP contribution in [0.25, 0.3) is 0 Å². The van der Waals surface area contributed by atoms with Crippen LogP contribution in [0.5, 0.6) is 5.75 Å². The van der Waals surface area contributed by atoms with Crippen LogP contribution in [-0.2, 0) is 17.6 Å². The maximum absolute atomic E-state index is 14.3. The maximum Gasteiger partial charge on any atom is 0.183 e. The molecule has 4 nitrogen and oxygen atoms in total. The molecule has 4 rings (SSSR count). The van der Waals surface area contributed by atoms with Gasteiger partial charge in [-0.15, -0.1) is 0 Å². The number of carbonyl (C=O) groups is 1. The topological polar surface area (TPSA) is 38.8 Å². The third-order valence-corrected chi connectivity index (χ3v) is 6.07. The van der Waals surface area contributed by atoms with Crippen molar-refractivity contribution in [2.24, 2.45) is 0 Å². The molecule has 1 fully saturated rings. The summed E-state index contributed by atoms with van der Waals surface area (Å²) in [7, 11) is 1.64. The van der Waals surface area contributed by atoms with Crippen LogP contribution >= 0.6 is 0 Å². The average Bonchev–Trinajstić information content (AvgIpc) is 2.85. The van der Waals surface area contributed by atoms with E-state index in [1.54, 1.807) is 7.11 Å². The van der Waals surface area contributed by atoms with E-state index in [0.29, 0.717) is 31.6 Å². The van der Waals surface area contributed by atoms with E-state index in [2.05, 4.69) is 29.2 Å². The van der Waals surface area contributed by atoms with Gasteiger partial charge in [-0.3, -0.25) is 9.69 Å². The number of morpholine rings is 1. The van der Waals surface area contributed by atoms with Crippen LogP contribution < -0.4 is 4.74 Å². The van der Waals surface area contributed by atoms with Crippen LogP contribution in [0.4, 0.5) is 0 Å². The minimum absolute atomic E-state index is 0.143. The van der Waals surface area contributed by atoms with Crippen molar-refractivity contribution in [2.75, 3.05) is 33.4 Å². The summed E-state index contributed by atoms with van der Waals surface area (Å²) in [4.78, 5) is 16.6. The molecule has 1 saturated heterocycles. The third kappa shape index (κ3) is 4.87. The molecule has 3 aromatic rings. The zero-order valence-corrected chi connectivity index (χ0v) is 18.0. The highest BCUT2D eigenvalue weighted by Crippen LogP contribution is 2.32. The van der Waals surface area contributed by atoms with Crippen LogP contribution in [0.3, 0.4) is 0 Å². The summed E-state index contributed by atoms with van der Waals surface area (Å²) >= 11 is 0. The molecular weight excluding hydrogens is 386 g/mol.